The SMILES string of the molecule is CC1Oc2ccc(N)cc2N(C(C)(C)CO)C1=O. The summed E-state index contributed by atoms with van der Waals surface area (Å²) in [5.74, 6) is 0.435. The largest absolute Gasteiger partial charge is 0.479 e. The molecule has 0 saturated heterocycles. The lowest BCUT2D eigenvalue weighted by Gasteiger charge is -2.42. The number of aliphatic hydroxyl groups excluding tert-OH is 1. The molecule has 2 rings (SSSR count). The molecule has 5 nitrogen and oxygen atoms in total. The zero-order valence-electron chi connectivity index (χ0n) is 10.8. The Bertz CT molecular complexity index is 485. The second-order valence-electron chi connectivity index (χ2n) is 5.13. The van der Waals surface area contributed by atoms with E-state index in [9.17, 15) is 9.90 Å². The zero-order valence-corrected chi connectivity index (χ0v) is 10.8. The van der Waals surface area contributed by atoms with Crippen molar-refractivity contribution in [3.63, 3.8) is 0 Å². The van der Waals surface area contributed by atoms with Crippen molar-refractivity contribution in [2.45, 2.75) is 32.4 Å². The summed E-state index contributed by atoms with van der Waals surface area (Å²) in [5, 5.41) is 9.48. The van der Waals surface area contributed by atoms with E-state index in [1.165, 1.54) is 0 Å². The minimum Gasteiger partial charge on any atom is -0.479 e. The van der Waals surface area contributed by atoms with E-state index in [0.29, 0.717) is 17.1 Å². The quantitative estimate of drug-likeness (QED) is 0.772. The third-order valence-corrected chi connectivity index (χ3v) is 3.09. The molecule has 0 saturated carbocycles. The molecular formula is C13H18N2O3. The van der Waals surface area contributed by atoms with E-state index in [1.54, 1.807) is 43.9 Å². The monoisotopic (exact) mass is 250 g/mol. The number of rotatable bonds is 2. The summed E-state index contributed by atoms with van der Waals surface area (Å²) in [5.41, 5.74) is 6.22. The van der Waals surface area contributed by atoms with E-state index in [0.717, 1.165) is 0 Å². The molecule has 1 aromatic carbocycles. The van der Waals surface area contributed by atoms with Crippen LogP contribution in [0.4, 0.5) is 11.4 Å². The molecule has 0 radical (unpaired) electrons. The van der Waals surface area contributed by atoms with Gasteiger partial charge in [0.1, 0.15) is 5.75 Å². The summed E-state index contributed by atoms with van der Waals surface area (Å²) in [6.45, 7) is 5.16. The smallest absolute Gasteiger partial charge is 0.268 e. The van der Waals surface area contributed by atoms with Crippen LogP contribution in [0, 0.1) is 0 Å². The molecule has 1 aliphatic heterocycles. The molecule has 0 spiro atoms. The van der Waals surface area contributed by atoms with Gasteiger partial charge < -0.3 is 15.6 Å². The number of ether oxygens (including phenoxy) is 1. The van der Waals surface area contributed by atoms with Gasteiger partial charge in [-0.25, -0.2) is 0 Å². The molecule has 0 aliphatic carbocycles. The summed E-state index contributed by atoms with van der Waals surface area (Å²) in [6, 6.07) is 5.16. The maximum Gasteiger partial charge on any atom is 0.268 e. The van der Waals surface area contributed by atoms with Crippen LogP contribution in [0.25, 0.3) is 0 Å². The second-order valence-corrected chi connectivity index (χ2v) is 5.13. The number of nitrogen functional groups attached to an aromatic ring is 1. The Morgan fingerprint density at radius 1 is 1.50 bits per heavy atom. The van der Waals surface area contributed by atoms with Crippen LogP contribution >= 0.6 is 0 Å². The lowest BCUT2D eigenvalue weighted by Crippen LogP contribution is -2.56. The topological polar surface area (TPSA) is 75.8 Å². The number of fused-ring (bicyclic) bond motifs is 1. The minimum absolute atomic E-state index is 0.139. The number of hydrogen-bond acceptors (Lipinski definition) is 4. The molecule has 0 aromatic heterocycles. The van der Waals surface area contributed by atoms with E-state index in [-0.39, 0.29) is 12.5 Å². The Balaban J connectivity index is 2.58. The standard InChI is InChI=1S/C13H18N2O3/c1-8-12(17)15(13(2,3)7-16)10-6-9(14)4-5-11(10)18-8/h4-6,8,16H,7,14H2,1-3H3. The number of aliphatic hydroxyl groups is 1. The molecule has 1 unspecified atom stereocenters. The van der Waals surface area contributed by atoms with Crippen LogP contribution in [0.15, 0.2) is 18.2 Å². The van der Waals surface area contributed by atoms with Gasteiger partial charge in [-0.15, -0.1) is 0 Å². The molecule has 0 bridgehead atoms. The fourth-order valence-corrected chi connectivity index (χ4v) is 2.05. The molecule has 5 heteroatoms. The first-order chi connectivity index (χ1) is 8.36. The maximum absolute atomic E-state index is 12.3. The normalized spacial score (nSPS) is 19.4. The average Bonchev–Trinajstić information content (AvgIpc) is 2.31. The van der Waals surface area contributed by atoms with Crippen molar-refractivity contribution in [3.05, 3.63) is 18.2 Å². The van der Waals surface area contributed by atoms with Crippen molar-refractivity contribution < 1.29 is 14.6 Å². The number of benzene rings is 1. The Hall–Kier alpha value is -1.75. The van der Waals surface area contributed by atoms with Gasteiger partial charge in [-0.05, 0) is 39.0 Å². The zero-order chi connectivity index (χ0) is 13.5. The van der Waals surface area contributed by atoms with E-state index in [2.05, 4.69) is 0 Å². The first-order valence-corrected chi connectivity index (χ1v) is 5.88. The van der Waals surface area contributed by atoms with Crippen LogP contribution in [0.2, 0.25) is 0 Å². The summed E-state index contributed by atoms with van der Waals surface area (Å²) in [4.78, 5) is 13.8. The highest BCUT2D eigenvalue weighted by molar-refractivity contribution is 6.01. The summed E-state index contributed by atoms with van der Waals surface area (Å²) in [6.07, 6.45) is -0.563. The van der Waals surface area contributed by atoms with Crippen molar-refractivity contribution in [1.82, 2.24) is 0 Å². The van der Waals surface area contributed by atoms with E-state index in [1.807, 2.05) is 0 Å². The fraction of sp³-hybridized carbons (Fsp3) is 0.462. The van der Waals surface area contributed by atoms with Gasteiger partial charge in [0, 0.05) is 5.69 Å². The van der Waals surface area contributed by atoms with Gasteiger partial charge in [0.05, 0.1) is 17.8 Å². The number of carbonyl (C=O) groups is 1. The predicted octanol–water partition coefficient (Wildman–Crippen LogP) is 1.15. The van der Waals surface area contributed by atoms with Crippen LogP contribution in [-0.4, -0.2) is 29.3 Å². The van der Waals surface area contributed by atoms with Gasteiger partial charge in [0.2, 0.25) is 0 Å². The van der Waals surface area contributed by atoms with Gasteiger partial charge in [0.15, 0.2) is 6.10 Å². The van der Waals surface area contributed by atoms with Crippen molar-refractivity contribution in [2.75, 3.05) is 17.2 Å². The van der Waals surface area contributed by atoms with Gasteiger partial charge in [0.25, 0.3) is 5.91 Å². The van der Waals surface area contributed by atoms with E-state index >= 15 is 0 Å². The second kappa shape index (κ2) is 4.17. The molecule has 1 amide bonds. The number of nitrogens with zero attached hydrogens (tertiary/aromatic N) is 1. The molecule has 1 aromatic rings. The summed E-state index contributed by atoms with van der Waals surface area (Å²) in [7, 11) is 0. The molecule has 98 valence electrons. The van der Waals surface area contributed by atoms with E-state index < -0.39 is 11.6 Å². The van der Waals surface area contributed by atoms with Crippen LogP contribution < -0.4 is 15.4 Å². The first-order valence-electron chi connectivity index (χ1n) is 5.88. The fourth-order valence-electron chi connectivity index (χ4n) is 2.05. The van der Waals surface area contributed by atoms with Crippen molar-refractivity contribution in [2.24, 2.45) is 0 Å². The van der Waals surface area contributed by atoms with Crippen LogP contribution in [0.3, 0.4) is 0 Å². The average molecular weight is 250 g/mol. The number of hydrogen-bond donors (Lipinski definition) is 2. The highest BCUT2D eigenvalue weighted by atomic mass is 16.5. The Kier molecular flexibility index (Phi) is 2.94. The molecule has 18 heavy (non-hydrogen) atoms. The summed E-state index contributed by atoms with van der Waals surface area (Å²) >= 11 is 0. The third kappa shape index (κ3) is 1.90. The Morgan fingerprint density at radius 3 is 2.78 bits per heavy atom. The number of anilines is 2. The minimum atomic E-state index is -0.697. The first kappa shape index (κ1) is 12.7. The van der Waals surface area contributed by atoms with Crippen LogP contribution in [0.1, 0.15) is 20.8 Å². The third-order valence-electron chi connectivity index (χ3n) is 3.09. The van der Waals surface area contributed by atoms with Crippen LogP contribution in [0.5, 0.6) is 5.75 Å². The predicted molar refractivity (Wildman–Crippen MR) is 69.6 cm³/mol. The van der Waals surface area contributed by atoms with Gasteiger partial charge in [-0.2, -0.15) is 0 Å². The number of amides is 1. The molecular weight excluding hydrogens is 232 g/mol. The van der Waals surface area contributed by atoms with E-state index in [4.69, 9.17) is 10.5 Å². The maximum atomic E-state index is 12.3. The molecule has 1 heterocycles. The van der Waals surface area contributed by atoms with Crippen molar-refractivity contribution in [3.8, 4) is 5.75 Å². The molecule has 1 aliphatic rings. The van der Waals surface area contributed by atoms with Crippen molar-refractivity contribution in [1.29, 1.82) is 0 Å². The van der Waals surface area contributed by atoms with Crippen LogP contribution in [-0.2, 0) is 4.79 Å². The lowest BCUT2D eigenvalue weighted by atomic mass is 10.00. The van der Waals surface area contributed by atoms with Crippen molar-refractivity contribution >= 4 is 17.3 Å². The number of nitrogens with two attached hydrogens (primary N) is 1. The van der Waals surface area contributed by atoms with Gasteiger partial charge in [-0.1, -0.05) is 0 Å². The number of carbonyl (C=O) groups excluding carboxylic acids is 1. The van der Waals surface area contributed by atoms with Gasteiger partial charge in [-0.3, -0.25) is 9.69 Å². The summed E-state index contributed by atoms with van der Waals surface area (Å²) < 4.78 is 5.54. The highest BCUT2D eigenvalue weighted by Crippen LogP contribution is 2.39. The Morgan fingerprint density at radius 2 is 2.17 bits per heavy atom. The molecule has 1 atom stereocenters. The van der Waals surface area contributed by atoms with Gasteiger partial charge >= 0.3 is 0 Å². The lowest BCUT2D eigenvalue weighted by molar-refractivity contribution is -0.127. The molecule has 0 fully saturated rings. The molecule has 3 N–H and O–H groups in total. The highest BCUT2D eigenvalue weighted by Gasteiger charge is 2.40. The Labute approximate surface area is 106 Å².